The molecule has 2 unspecified atom stereocenters. The molecule has 1 fully saturated rings. The SMILES string of the molecule is CCCCN1C(=O)C(CC(C)C)NC1c1ccccc1. The van der Waals surface area contributed by atoms with Crippen molar-refractivity contribution in [1.82, 2.24) is 10.2 Å². The molecule has 2 atom stereocenters. The Hall–Kier alpha value is -1.35. The molecule has 0 bridgehead atoms. The summed E-state index contributed by atoms with van der Waals surface area (Å²) in [5.41, 5.74) is 1.18. The summed E-state index contributed by atoms with van der Waals surface area (Å²) in [6.07, 6.45) is 3.12. The van der Waals surface area contributed by atoms with Gasteiger partial charge in [-0.15, -0.1) is 0 Å². The molecule has 1 saturated heterocycles. The van der Waals surface area contributed by atoms with Crippen molar-refractivity contribution in [2.75, 3.05) is 6.54 Å². The van der Waals surface area contributed by atoms with E-state index in [1.165, 1.54) is 5.56 Å². The summed E-state index contributed by atoms with van der Waals surface area (Å²) in [4.78, 5) is 14.6. The molecule has 0 aromatic heterocycles. The number of rotatable bonds is 6. The number of carbonyl (C=O) groups is 1. The molecule has 2 rings (SSSR count). The molecule has 3 nitrogen and oxygen atoms in total. The van der Waals surface area contributed by atoms with Gasteiger partial charge in [-0.3, -0.25) is 10.1 Å². The second-order valence-electron chi connectivity index (χ2n) is 6.05. The molecule has 0 spiro atoms. The number of hydrogen-bond donors (Lipinski definition) is 1. The van der Waals surface area contributed by atoms with Gasteiger partial charge in [-0.1, -0.05) is 57.5 Å². The van der Waals surface area contributed by atoms with Crippen molar-refractivity contribution in [1.29, 1.82) is 0 Å². The predicted molar refractivity (Wildman–Crippen MR) is 82.2 cm³/mol. The maximum atomic E-state index is 12.6. The van der Waals surface area contributed by atoms with E-state index in [4.69, 9.17) is 0 Å². The molecule has 1 amide bonds. The smallest absolute Gasteiger partial charge is 0.241 e. The fourth-order valence-electron chi connectivity index (χ4n) is 2.80. The van der Waals surface area contributed by atoms with E-state index >= 15 is 0 Å². The second kappa shape index (κ2) is 6.89. The highest BCUT2D eigenvalue weighted by molar-refractivity contribution is 5.84. The minimum atomic E-state index is -0.0305. The van der Waals surface area contributed by atoms with Gasteiger partial charge in [0.05, 0.1) is 6.04 Å². The molecule has 0 aliphatic carbocycles. The van der Waals surface area contributed by atoms with Crippen molar-refractivity contribution in [2.45, 2.75) is 52.2 Å². The summed E-state index contributed by atoms with van der Waals surface area (Å²) >= 11 is 0. The molecule has 1 N–H and O–H groups in total. The van der Waals surface area contributed by atoms with Crippen LogP contribution in [0.5, 0.6) is 0 Å². The molecule has 0 radical (unpaired) electrons. The van der Waals surface area contributed by atoms with Gasteiger partial charge in [-0.2, -0.15) is 0 Å². The van der Waals surface area contributed by atoms with Gasteiger partial charge in [0.1, 0.15) is 6.17 Å². The first-order valence-electron chi connectivity index (χ1n) is 7.75. The summed E-state index contributed by atoms with van der Waals surface area (Å²) in [7, 11) is 0. The Morgan fingerprint density at radius 3 is 2.55 bits per heavy atom. The van der Waals surface area contributed by atoms with Gasteiger partial charge in [0, 0.05) is 6.54 Å². The Bertz CT molecular complexity index is 430. The molecule has 1 aliphatic heterocycles. The van der Waals surface area contributed by atoms with Gasteiger partial charge in [-0.25, -0.2) is 0 Å². The Labute approximate surface area is 122 Å². The predicted octanol–water partition coefficient (Wildman–Crippen LogP) is 3.33. The van der Waals surface area contributed by atoms with Gasteiger partial charge in [-0.05, 0) is 24.3 Å². The molecule has 1 aromatic rings. The molecule has 0 saturated carbocycles. The monoisotopic (exact) mass is 274 g/mol. The second-order valence-corrected chi connectivity index (χ2v) is 6.05. The van der Waals surface area contributed by atoms with E-state index in [2.05, 4.69) is 38.2 Å². The highest BCUT2D eigenvalue weighted by atomic mass is 16.2. The molecule has 1 aliphatic rings. The maximum Gasteiger partial charge on any atom is 0.241 e. The quantitative estimate of drug-likeness (QED) is 0.863. The Morgan fingerprint density at radius 1 is 1.25 bits per heavy atom. The average Bonchev–Trinajstić information content (AvgIpc) is 2.74. The number of unbranched alkanes of at least 4 members (excludes halogenated alkanes) is 1. The third-order valence-electron chi connectivity index (χ3n) is 3.83. The topological polar surface area (TPSA) is 32.3 Å². The molecule has 20 heavy (non-hydrogen) atoms. The van der Waals surface area contributed by atoms with Crippen molar-refractivity contribution < 1.29 is 4.79 Å². The van der Waals surface area contributed by atoms with Crippen molar-refractivity contribution in [3.05, 3.63) is 35.9 Å². The van der Waals surface area contributed by atoms with Crippen LogP contribution >= 0.6 is 0 Å². The van der Waals surface area contributed by atoms with E-state index < -0.39 is 0 Å². The standard InChI is InChI=1S/C17H26N2O/c1-4-5-11-19-16(14-9-7-6-8-10-14)18-15(17(19)20)12-13(2)3/h6-10,13,15-16,18H,4-5,11-12H2,1-3H3. The van der Waals surface area contributed by atoms with Crippen LogP contribution in [0.3, 0.4) is 0 Å². The largest absolute Gasteiger partial charge is 0.322 e. The van der Waals surface area contributed by atoms with Gasteiger partial charge in [0.2, 0.25) is 5.91 Å². The van der Waals surface area contributed by atoms with E-state index in [1.807, 2.05) is 23.1 Å². The van der Waals surface area contributed by atoms with Crippen LogP contribution in [0.2, 0.25) is 0 Å². The third kappa shape index (κ3) is 3.40. The Kier molecular flexibility index (Phi) is 5.18. The molecule has 3 heteroatoms. The van der Waals surface area contributed by atoms with E-state index in [1.54, 1.807) is 0 Å². The first-order valence-corrected chi connectivity index (χ1v) is 7.75. The van der Waals surface area contributed by atoms with E-state index in [-0.39, 0.29) is 18.1 Å². The van der Waals surface area contributed by atoms with Crippen molar-refractivity contribution in [3.63, 3.8) is 0 Å². The molecule has 110 valence electrons. The normalized spacial score (nSPS) is 22.8. The average molecular weight is 274 g/mol. The van der Waals surface area contributed by atoms with Crippen LogP contribution in [-0.2, 0) is 4.79 Å². The van der Waals surface area contributed by atoms with Crippen molar-refractivity contribution in [3.8, 4) is 0 Å². The molecular formula is C17H26N2O. The van der Waals surface area contributed by atoms with Crippen molar-refractivity contribution >= 4 is 5.91 Å². The third-order valence-corrected chi connectivity index (χ3v) is 3.83. The van der Waals surface area contributed by atoms with Crippen LogP contribution in [0.15, 0.2) is 30.3 Å². The Balaban J connectivity index is 2.17. The number of hydrogen-bond acceptors (Lipinski definition) is 2. The lowest BCUT2D eigenvalue weighted by atomic mass is 10.0. The highest BCUT2D eigenvalue weighted by Gasteiger charge is 2.38. The van der Waals surface area contributed by atoms with Gasteiger partial charge in [0.25, 0.3) is 0 Å². The van der Waals surface area contributed by atoms with E-state index in [0.29, 0.717) is 5.92 Å². The lowest BCUT2D eigenvalue weighted by Gasteiger charge is -2.24. The van der Waals surface area contributed by atoms with E-state index in [0.717, 1.165) is 25.8 Å². The van der Waals surface area contributed by atoms with Gasteiger partial charge < -0.3 is 4.90 Å². The number of nitrogens with one attached hydrogen (secondary N) is 1. The van der Waals surface area contributed by atoms with Crippen LogP contribution in [-0.4, -0.2) is 23.4 Å². The number of amides is 1. The fraction of sp³-hybridized carbons (Fsp3) is 0.588. The number of nitrogens with zero attached hydrogens (tertiary/aromatic N) is 1. The van der Waals surface area contributed by atoms with Crippen LogP contribution in [0.25, 0.3) is 0 Å². The first-order chi connectivity index (χ1) is 9.63. The molecular weight excluding hydrogens is 248 g/mol. The zero-order chi connectivity index (χ0) is 14.5. The zero-order valence-electron chi connectivity index (χ0n) is 12.8. The molecule has 1 heterocycles. The summed E-state index contributed by atoms with van der Waals surface area (Å²) < 4.78 is 0. The fourth-order valence-corrected chi connectivity index (χ4v) is 2.80. The maximum absolute atomic E-state index is 12.6. The minimum Gasteiger partial charge on any atom is -0.322 e. The van der Waals surface area contributed by atoms with Crippen LogP contribution in [0.4, 0.5) is 0 Å². The molecule has 1 aromatic carbocycles. The van der Waals surface area contributed by atoms with Crippen LogP contribution < -0.4 is 5.32 Å². The summed E-state index contributed by atoms with van der Waals surface area (Å²) in [5.74, 6) is 0.792. The summed E-state index contributed by atoms with van der Waals surface area (Å²) in [5, 5.41) is 3.52. The summed E-state index contributed by atoms with van der Waals surface area (Å²) in [6, 6.07) is 10.3. The van der Waals surface area contributed by atoms with Crippen LogP contribution in [0.1, 0.15) is 51.8 Å². The van der Waals surface area contributed by atoms with Crippen molar-refractivity contribution in [2.24, 2.45) is 5.92 Å². The lowest BCUT2D eigenvalue weighted by Crippen LogP contribution is -2.32. The Morgan fingerprint density at radius 2 is 1.95 bits per heavy atom. The zero-order valence-corrected chi connectivity index (χ0v) is 12.8. The minimum absolute atomic E-state index is 0.0305. The van der Waals surface area contributed by atoms with E-state index in [9.17, 15) is 4.79 Å². The van der Waals surface area contributed by atoms with Gasteiger partial charge >= 0.3 is 0 Å². The highest BCUT2D eigenvalue weighted by Crippen LogP contribution is 2.27. The number of benzene rings is 1. The van der Waals surface area contributed by atoms with Crippen LogP contribution in [0, 0.1) is 5.92 Å². The lowest BCUT2D eigenvalue weighted by molar-refractivity contribution is -0.130. The first kappa shape index (κ1) is 15.0. The number of carbonyl (C=O) groups excluding carboxylic acids is 1. The summed E-state index contributed by atoms with van der Waals surface area (Å²) in [6.45, 7) is 7.34. The van der Waals surface area contributed by atoms with Gasteiger partial charge in [0.15, 0.2) is 0 Å².